The second-order valence-electron chi connectivity index (χ2n) is 5.38. The lowest BCUT2D eigenvalue weighted by Gasteiger charge is -2.19. The number of nitro benzene ring substituents is 1. The summed E-state index contributed by atoms with van der Waals surface area (Å²) in [5.74, 6) is 0. The maximum absolute atomic E-state index is 12.2. The highest BCUT2D eigenvalue weighted by Gasteiger charge is 2.24. The first-order chi connectivity index (χ1) is 10.5. The molecule has 0 radical (unpaired) electrons. The molecule has 122 valence electrons. The van der Waals surface area contributed by atoms with Gasteiger partial charge in [-0.15, -0.1) is 0 Å². The fraction of sp³-hybridized carbons (Fsp3) is 0.571. The summed E-state index contributed by atoms with van der Waals surface area (Å²) in [6.07, 6.45) is 4.71. The highest BCUT2D eigenvalue weighted by atomic mass is 32.2. The summed E-state index contributed by atoms with van der Waals surface area (Å²) in [7, 11) is -3.86. The molecule has 1 aliphatic heterocycles. The third kappa shape index (κ3) is 4.49. The average molecular weight is 327 g/mol. The van der Waals surface area contributed by atoms with Gasteiger partial charge >= 0.3 is 0 Å². The Morgan fingerprint density at radius 2 is 1.77 bits per heavy atom. The van der Waals surface area contributed by atoms with Crippen LogP contribution in [0.25, 0.3) is 0 Å². The van der Waals surface area contributed by atoms with Crippen molar-refractivity contribution in [2.45, 2.75) is 30.6 Å². The molecule has 2 rings (SSSR count). The summed E-state index contributed by atoms with van der Waals surface area (Å²) >= 11 is 0. The number of nitrogens with one attached hydrogen (secondary N) is 1. The number of rotatable bonds is 6. The van der Waals surface area contributed by atoms with E-state index in [-0.39, 0.29) is 11.4 Å². The molecule has 0 spiro atoms. The van der Waals surface area contributed by atoms with Crippen LogP contribution < -0.4 is 4.72 Å². The van der Waals surface area contributed by atoms with Crippen LogP contribution in [0.1, 0.15) is 25.7 Å². The van der Waals surface area contributed by atoms with E-state index >= 15 is 0 Å². The third-order valence-corrected chi connectivity index (χ3v) is 5.28. The summed E-state index contributed by atoms with van der Waals surface area (Å²) in [6.45, 7) is 2.84. The van der Waals surface area contributed by atoms with Crippen LogP contribution in [0.2, 0.25) is 0 Å². The molecule has 22 heavy (non-hydrogen) atoms. The van der Waals surface area contributed by atoms with E-state index in [9.17, 15) is 18.5 Å². The third-order valence-electron chi connectivity index (χ3n) is 3.77. The van der Waals surface area contributed by atoms with E-state index in [1.54, 1.807) is 0 Å². The number of hydrogen-bond acceptors (Lipinski definition) is 5. The monoisotopic (exact) mass is 327 g/mol. The zero-order valence-electron chi connectivity index (χ0n) is 12.4. The highest BCUT2D eigenvalue weighted by Crippen LogP contribution is 2.22. The van der Waals surface area contributed by atoms with Gasteiger partial charge < -0.3 is 4.90 Å². The quantitative estimate of drug-likeness (QED) is 0.635. The van der Waals surface area contributed by atoms with Gasteiger partial charge in [0.05, 0.1) is 4.92 Å². The van der Waals surface area contributed by atoms with Gasteiger partial charge in [-0.05, 0) is 32.0 Å². The van der Waals surface area contributed by atoms with Gasteiger partial charge in [0.25, 0.3) is 5.69 Å². The molecule has 0 atom stereocenters. The molecule has 0 unspecified atom stereocenters. The Bertz CT molecular complexity index is 610. The van der Waals surface area contributed by atoms with Gasteiger partial charge in [0.2, 0.25) is 10.0 Å². The fourth-order valence-corrected chi connectivity index (χ4v) is 3.80. The lowest BCUT2D eigenvalue weighted by molar-refractivity contribution is -0.387. The Labute approximate surface area is 130 Å². The zero-order chi connectivity index (χ0) is 16.0. The molecule has 0 amide bonds. The van der Waals surface area contributed by atoms with Crippen molar-refractivity contribution >= 4 is 15.7 Å². The molecule has 1 aromatic rings. The van der Waals surface area contributed by atoms with E-state index < -0.39 is 20.6 Å². The number of nitro groups is 1. The van der Waals surface area contributed by atoms with E-state index in [1.807, 2.05) is 0 Å². The molecule has 1 aromatic carbocycles. The van der Waals surface area contributed by atoms with Gasteiger partial charge in [-0.1, -0.05) is 25.0 Å². The van der Waals surface area contributed by atoms with Gasteiger partial charge in [-0.3, -0.25) is 10.1 Å². The molecule has 0 bridgehead atoms. The SMILES string of the molecule is O=[N+]([O-])c1ccccc1S(=O)(=O)NCCN1CCCCCC1. The molecule has 0 aliphatic carbocycles. The minimum absolute atomic E-state index is 0.258. The van der Waals surface area contributed by atoms with Gasteiger partial charge in [0.15, 0.2) is 4.90 Å². The molecular formula is C14H21N3O4S. The summed E-state index contributed by atoms with van der Waals surface area (Å²) < 4.78 is 26.9. The normalized spacial score (nSPS) is 17.1. The minimum atomic E-state index is -3.86. The van der Waals surface area contributed by atoms with Gasteiger partial charge in [-0.2, -0.15) is 0 Å². The average Bonchev–Trinajstić information content (AvgIpc) is 2.76. The Morgan fingerprint density at radius 1 is 1.14 bits per heavy atom. The molecule has 1 saturated heterocycles. The van der Waals surface area contributed by atoms with Crippen molar-refractivity contribution in [1.82, 2.24) is 9.62 Å². The van der Waals surface area contributed by atoms with Gasteiger partial charge in [0, 0.05) is 19.2 Å². The molecule has 1 aliphatic rings. The number of sulfonamides is 1. The number of benzene rings is 1. The molecule has 0 saturated carbocycles. The Kier molecular flexibility index (Phi) is 5.87. The molecule has 1 N–H and O–H groups in total. The van der Waals surface area contributed by atoms with E-state index in [4.69, 9.17) is 0 Å². The molecular weight excluding hydrogens is 306 g/mol. The first-order valence-corrected chi connectivity index (χ1v) is 8.94. The fourth-order valence-electron chi connectivity index (χ4n) is 2.61. The zero-order valence-corrected chi connectivity index (χ0v) is 13.2. The summed E-state index contributed by atoms with van der Waals surface area (Å²) in [6, 6.07) is 5.39. The van der Waals surface area contributed by atoms with Crippen LogP contribution in [0.5, 0.6) is 0 Å². The van der Waals surface area contributed by atoms with E-state index in [2.05, 4.69) is 9.62 Å². The number of likely N-dealkylation sites (tertiary alicyclic amines) is 1. The van der Waals surface area contributed by atoms with Crippen molar-refractivity contribution in [1.29, 1.82) is 0 Å². The van der Waals surface area contributed by atoms with Crippen LogP contribution in [-0.4, -0.2) is 44.4 Å². The second-order valence-corrected chi connectivity index (χ2v) is 7.11. The maximum Gasteiger partial charge on any atom is 0.289 e. The number of nitrogens with zero attached hydrogens (tertiary/aromatic N) is 2. The van der Waals surface area contributed by atoms with Crippen molar-refractivity contribution in [3.8, 4) is 0 Å². The number of para-hydroxylation sites is 1. The Morgan fingerprint density at radius 3 is 2.41 bits per heavy atom. The summed E-state index contributed by atoms with van der Waals surface area (Å²) in [5.41, 5.74) is -0.398. The van der Waals surface area contributed by atoms with Gasteiger partial charge in [0.1, 0.15) is 0 Å². The van der Waals surface area contributed by atoms with Crippen LogP contribution in [0, 0.1) is 10.1 Å². The first-order valence-electron chi connectivity index (χ1n) is 7.46. The largest absolute Gasteiger partial charge is 0.302 e. The Balaban J connectivity index is 1.98. The minimum Gasteiger partial charge on any atom is -0.302 e. The van der Waals surface area contributed by atoms with Crippen LogP contribution >= 0.6 is 0 Å². The predicted molar refractivity (Wildman–Crippen MR) is 83.2 cm³/mol. The Hall–Kier alpha value is -1.51. The maximum atomic E-state index is 12.2. The van der Waals surface area contributed by atoms with Crippen molar-refractivity contribution in [2.24, 2.45) is 0 Å². The van der Waals surface area contributed by atoms with E-state index in [0.717, 1.165) is 25.9 Å². The van der Waals surface area contributed by atoms with Crippen molar-refractivity contribution in [2.75, 3.05) is 26.2 Å². The van der Waals surface area contributed by atoms with Crippen LogP contribution in [0.15, 0.2) is 29.2 Å². The lowest BCUT2D eigenvalue weighted by atomic mass is 10.2. The number of hydrogen-bond donors (Lipinski definition) is 1. The van der Waals surface area contributed by atoms with Crippen molar-refractivity contribution in [3.05, 3.63) is 34.4 Å². The van der Waals surface area contributed by atoms with Crippen LogP contribution in [0.3, 0.4) is 0 Å². The second kappa shape index (κ2) is 7.66. The van der Waals surface area contributed by atoms with Crippen molar-refractivity contribution in [3.63, 3.8) is 0 Å². The first kappa shape index (κ1) is 16.9. The van der Waals surface area contributed by atoms with Crippen LogP contribution in [0.4, 0.5) is 5.69 Å². The molecule has 0 aromatic heterocycles. The van der Waals surface area contributed by atoms with Gasteiger partial charge in [-0.25, -0.2) is 13.1 Å². The highest BCUT2D eigenvalue weighted by molar-refractivity contribution is 7.89. The lowest BCUT2D eigenvalue weighted by Crippen LogP contribution is -2.35. The smallest absolute Gasteiger partial charge is 0.289 e. The van der Waals surface area contributed by atoms with Crippen LogP contribution in [-0.2, 0) is 10.0 Å². The molecule has 7 nitrogen and oxygen atoms in total. The molecule has 8 heteroatoms. The molecule has 1 heterocycles. The molecule has 1 fully saturated rings. The summed E-state index contributed by atoms with van der Waals surface area (Å²) in [4.78, 5) is 12.2. The topological polar surface area (TPSA) is 92.5 Å². The summed E-state index contributed by atoms with van der Waals surface area (Å²) in [5, 5.41) is 10.9. The van der Waals surface area contributed by atoms with Crippen molar-refractivity contribution < 1.29 is 13.3 Å². The van der Waals surface area contributed by atoms with E-state index in [1.165, 1.54) is 37.1 Å². The van der Waals surface area contributed by atoms with E-state index in [0.29, 0.717) is 6.54 Å². The standard InChI is InChI=1S/C14H21N3O4S/c18-17(19)13-7-3-4-8-14(13)22(20,21)15-9-12-16-10-5-1-2-6-11-16/h3-4,7-8,15H,1-2,5-6,9-12H2. The predicted octanol–water partition coefficient (Wildman–Crippen LogP) is 1.75.